The Morgan fingerprint density at radius 3 is 2.30 bits per heavy atom. The molecule has 0 aromatic carbocycles. The van der Waals surface area contributed by atoms with Crippen LogP contribution in [0.3, 0.4) is 0 Å². The molecule has 10 heteroatoms. The van der Waals surface area contributed by atoms with E-state index in [0.29, 0.717) is 0 Å². The van der Waals surface area contributed by atoms with Crippen LogP contribution in [0, 0.1) is 0 Å². The number of hydrogen-bond donors (Lipinski definition) is 5. The van der Waals surface area contributed by atoms with E-state index in [4.69, 9.17) is 18.9 Å². The number of hydrogen-bond acceptors (Lipinski definition) is 9. The van der Waals surface area contributed by atoms with E-state index in [0.717, 1.165) is 0 Å². The van der Waals surface area contributed by atoms with Crippen molar-refractivity contribution in [3.63, 3.8) is 0 Å². The van der Waals surface area contributed by atoms with Gasteiger partial charge in [0.15, 0.2) is 12.4 Å². The van der Waals surface area contributed by atoms with Gasteiger partial charge in [0.1, 0.15) is 36.6 Å². The molecule has 0 radical (unpaired) electrons. The van der Waals surface area contributed by atoms with Crippen molar-refractivity contribution < 1.29 is 49.3 Å². The number of aliphatic hydroxyl groups is 4. The molecule has 0 aliphatic carbocycles. The van der Waals surface area contributed by atoms with Crippen molar-refractivity contribution in [2.75, 3.05) is 13.7 Å². The van der Waals surface area contributed by atoms with Crippen LogP contribution in [0.2, 0.25) is 0 Å². The second-order valence-electron chi connectivity index (χ2n) is 5.64. The first-order valence-electron chi connectivity index (χ1n) is 7.18. The zero-order valence-electron chi connectivity index (χ0n) is 12.7. The first kappa shape index (κ1) is 18.5. The highest BCUT2D eigenvalue weighted by Crippen LogP contribution is 2.28. The Bertz CT molecular complexity index is 418. The van der Waals surface area contributed by atoms with Gasteiger partial charge in [-0.3, -0.25) is 0 Å². The fraction of sp³-hybridized carbons (Fsp3) is 0.923. The lowest BCUT2D eigenvalue weighted by atomic mass is 9.97. The fourth-order valence-electron chi connectivity index (χ4n) is 2.72. The summed E-state index contributed by atoms with van der Waals surface area (Å²) < 4.78 is 20.8. The number of carboxylic acid groups (broad SMARTS) is 1. The lowest BCUT2D eigenvalue weighted by Crippen LogP contribution is -2.63. The Morgan fingerprint density at radius 2 is 1.74 bits per heavy atom. The number of methoxy groups -OCH3 is 1. The van der Waals surface area contributed by atoms with Gasteiger partial charge in [0.25, 0.3) is 0 Å². The molecule has 2 heterocycles. The van der Waals surface area contributed by atoms with Crippen molar-refractivity contribution in [3.8, 4) is 0 Å². The molecule has 0 amide bonds. The first-order valence-corrected chi connectivity index (χ1v) is 7.18. The standard InChI is InChI=1S/C13H22O10/c1-4-6(15)7(16)8(17)13(22-4)23-10-9(20-2)5(14)3-21-11(10)12(18)19/h4-11,13-17H,3H2,1-2H3,(H,18,19). The molecule has 134 valence electrons. The molecule has 2 saturated heterocycles. The quantitative estimate of drug-likeness (QED) is 0.359. The van der Waals surface area contributed by atoms with Gasteiger partial charge in [0.05, 0.1) is 12.7 Å². The minimum atomic E-state index is -1.60. The van der Waals surface area contributed by atoms with Gasteiger partial charge in [0, 0.05) is 7.11 Å². The van der Waals surface area contributed by atoms with E-state index in [1.807, 2.05) is 0 Å². The SMILES string of the molecule is COC1C(O)COC(C(=O)O)C1OC1OC(C)C(O)C(O)C1O. The highest BCUT2D eigenvalue weighted by Gasteiger charge is 2.49. The number of carboxylic acids is 1. The van der Waals surface area contributed by atoms with E-state index in [1.54, 1.807) is 0 Å². The number of aliphatic hydroxyl groups excluding tert-OH is 4. The van der Waals surface area contributed by atoms with Crippen molar-refractivity contribution in [3.05, 3.63) is 0 Å². The van der Waals surface area contributed by atoms with Gasteiger partial charge in [-0.25, -0.2) is 4.79 Å². The van der Waals surface area contributed by atoms with Crippen LogP contribution in [0.25, 0.3) is 0 Å². The van der Waals surface area contributed by atoms with E-state index in [1.165, 1.54) is 14.0 Å². The normalized spacial score (nSPS) is 48.2. The summed E-state index contributed by atoms with van der Waals surface area (Å²) in [6, 6.07) is 0. The molecule has 2 aliphatic rings. The van der Waals surface area contributed by atoms with Crippen molar-refractivity contribution >= 4 is 5.97 Å². The van der Waals surface area contributed by atoms with Crippen molar-refractivity contribution in [2.24, 2.45) is 0 Å². The molecule has 0 spiro atoms. The number of aliphatic carboxylic acids is 1. The van der Waals surface area contributed by atoms with Crippen LogP contribution < -0.4 is 0 Å². The molecule has 10 nitrogen and oxygen atoms in total. The lowest BCUT2D eigenvalue weighted by Gasteiger charge is -2.44. The van der Waals surface area contributed by atoms with Crippen molar-refractivity contribution in [1.82, 2.24) is 0 Å². The number of carbonyl (C=O) groups is 1. The van der Waals surface area contributed by atoms with Gasteiger partial charge >= 0.3 is 5.97 Å². The molecule has 9 unspecified atom stereocenters. The van der Waals surface area contributed by atoms with Crippen LogP contribution in [-0.2, 0) is 23.7 Å². The van der Waals surface area contributed by atoms with Gasteiger partial charge in [-0.1, -0.05) is 0 Å². The zero-order chi connectivity index (χ0) is 17.3. The first-order chi connectivity index (χ1) is 10.8. The maximum absolute atomic E-state index is 11.3. The molecule has 2 aliphatic heterocycles. The van der Waals surface area contributed by atoms with Crippen LogP contribution in [0.15, 0.2) is 0 Å². The van der Waals surface area contributed by atoms with Crippen LogP contribution in [0.4, 0.5) is 0 Å². The molecule has 23 heavy (non-hydrogen) atoms. The number of rotatable bonds is 4. The van der Waals surface area contributed by atoms with E-state index >= 15 is 0 Å². The van der Waals surface area contributed by atoms with E-state index < -0.39 is 61.1 Å². The van der Waals surface area contributed by atoms with Crippen molar-refractivity contribution in [1.29, 1.82) is 0 Å². The van der Waals surface area contributed by atoms with Gasteiger partial charge < -0.3 is 44.5 Å². The summed E-state index contributed by atoms with van der Waals surface area (Å²) in [5, 5.41) is 48.5. The Morgan fingerprint density at radius 1 is 1.09 bits per heavy atom. The average molecular weight is 338 g/mol. The van der Waals surface area contributed by atoms with Crippen LogP contribution in [-0.4, -0.2) is 100 Å². The average Bonchev–Trinajstić information content (AvgIpc) is 2.50. The summed E-state index contributed by atoms with van der Waals surface area (Å²) in [6.45, 7) is 1.21. The second-order valence-corrected chi connectivity index (χ2v) is 5.64. The molecule has 0 aromatic heterocycles. The Balaban J connectivity index is 2.17. The fourth-order valence-corrected chi connectivity index (χ4v) is 2.72. The predicted molar refractivity (Wildman–Crippen MR) is 71.4 cm³/mol. The Kier molecular flexibility index (Phi) is 5.92. The molecule has 2 fully saturated rings. The Labute approximate surface area is 132 Å². The van der Waals surface area contributed by atoms with E-state index in [-0.39, 0.29) is 6.61 Å². The smallest absolute Gasteiger partial charge is 0.335 e. The number of ether oxygens (including phenoxy) is 4. The van der Waals surface area contributed by atoms with Gasteiger partial charge in [-0.05, 0) is 6.92 Å². The summed E-state index contributed by atoms with van der Waals surface area (Å²) >= 11 is 0. The molecule has 9 atom stereocenters. The third-order valence-corrected chi connectivity index (χ3v) is 4.06. The summed E-state index contributed by atoms with van der Waals surface area (Å²) in [5.41, 5.74) is 0. The molecule has 0 bridgehead atoms. The molecular weight excluding hydrogens is 316 g/mol. The molecule has 5 N–H and O–H groups in total. The Hall–Kier alpha value is -0.850. The zero-order valence-corrected chi connectivity index (χ0v) is 12.7. The maximum Gasteiger partial charge on any atom is 0.335 e. The third kappa shape index (κ3) is 3.64. The van der Waals surface area contributed by atoms with E-state index in [2.05, 4.69) is 0 Å². The molecule has 0 aromatic rings. The van der Waals surface area contributed by atoms with Crippen LogP contribution in [0.1, 0.15) is 6.92 Å². The molecular formula is C13H22O10. The minimum absolute atomic E-state index is 0.249. The van der Waals surface area contributed by atoms with Crippen LogP contribution >= 0.6 is 0 Å². The van der Waals surface area contributed by atoms with Gasteiger partial charge in [-0.2, -0.15) is 0 Å². The minimum Gasteiger partial charge on any atom is -0.479 e. The molecule has 2 rings (SSSR count). The summed E-state index contributed by atoms with van der Waals surface area (Å²) in [7, 11) is 1.27. The topological polar surface area (TPSA) is 155 Å². The second kappa shape index (κ2) is 7.36. The van der Waals surface area contributed by atoms with Gasteiger partial charge in [0.2, 0.25) is 0 Å². The van der Waals surface area contributed by atoms with E-state index in [9.17, 15) is 30.3 Å². The predicted octanol–water partition coefficient (Wildman–Crippen LogP) is -2.94. The lowest BCUT2D eigenvalue weighted by molar-refractivity contribution is -0.330. The highest BCUT2D eigenvalue weighted by atomic mass is 16.7. The largest absolute Gasteiger partial charge is 0.479 e. The summed E-state index contributed by atoms with van der Waals surface area (Å²) in [5.74, 6) is -1.33. The monoisotopic (exact) mass is 338 g/mol. The molecule has 0 saturated carbocycles. The summed E-state index contributed by atoms with van der Waals surface area (Å²) in [4.78, 5) is 11.3. The summed E-state index contributed by atoms with van der Waals surface area (Å²) in [6.07, 6.45) is -11.6. The van der Waals surface area contributed by atoms with Crippen molar-refractivity contribution in [2.45, 2.75) is 62.0 Å². The highest BCUT2D eigenvalue weighted by molar-refractivity contribution is 5.73. The maximum atomic E-state index is 11.3. The van der Waals surface area contributed by atoms with Gasteiger partial charge in [-0.15, -0.1) is 0 Å². The van der Waals surface area contributed by atoms with Crippen LogP contribution in [0.5, 0.6) is 0 Å². The third-order valence-electron chi connectivity index (χ3n) is 4.06.